The maximum atomic E-state index is 11.6. The van der Waals surface area contributed by atoms with Crippen LogP contribution in [0.2, 0.25) is 5.02 Å². The molecule has 0 spiro atoms. The fourth-order valence-corrected chi connectivity index (χ4v) is 1.75. The molecule has 0 aliphatic rings. The Hall–Kier alpha value is -1.75. The monoisotopic (exact) mass is 254 g/mol. The summed E-state index contributed by atoms with van der Waals surface area (Å²) in [5.74, 6) is -0.605. The fraction of sp³-hybridized carbons (Fsp3) is 0.273. The Morgan fingerprint density at radius 1 is 1.53 bits per heavy atom. The average Bonchev–Trinajstić information content (AvgIpc) is 2.61. The van der Waals surface area contributed by atoms with Crippen LogP contribution in [0.3, 0.4) is 0 Å². The molecule has 0 unspecified atom stereocenters. The molecule has 2 rings (SSSR count). The highest BCUT2D eigenvalue weighted by molar-refractivity contribution is 6.31. The smallest absolute Gasteiger partial charge is 0.408 e. The Bertz CT molecular complexity index is 615. The van der Waals surface area contributed by atoms with Gasteiger partial charge in [-0.2, -0.15) is 0 Å². The molecule has 1 amide bonds. The number of fused-ring (bicyclic) bond motifs is 1. The molecule has 1 heterocycles. The Morgan fingerprint density at radius 3 is 3.00 bits per heavy atom. The average molecular weight is 255 g/mol. The lowest BCUT2D eigenvalue weighted by Gasteiger charge is -2.01. The van der Waals surface area contributed by atoms with Gasteiger partial charge in [0.2, 0.25) is 5.91 Å². The van der Waals surface area contributed by atoms with Crippen LogP contribution in [-0.4, -0.2) is 17.5 Å². The van der Waals surface area contributed by atoms with Crippen molar-refractivity contribution in [3.05, 3.63) is 33.8 Å². The molecule has 1 N–H and O–H groups in total. The molecular formula is C11H11ClN2O3. The quantitative estimate of drug-likeness (QED) is 0.900. The number of carbonyl (C=O) groups is 1. The van der Waals surface area contributed by atoms with E-state index in [0.717, 1.165) is 0 Å². The number of nitrogens with zero attached hydrogens (tertiary/aromatic N) is 1. The summed E-state index contributed by atoms with van der Waals surface area (Å²) in [6, 6.07) is 4.95. The predicted molar refractivity (Wildman–Crippen MR) is 64.2 cm³/mol. The third-order valence-corrected chi connectivity index (χ3v) is 2.71. The van der Waals surface area contributed by atoms with Crippen LogP contribution in [0, 0.1) is 0 Å². The van der Waals surface area contributed by atoms with E-state index in [0.29, 0.717) is 16.1 Å². The van der Waals surface area contributed by atoms with Crippen LogP contribution in [0.15, 0.2) is 27.4 Å². The van der Waals surface area contributed by atoms with E-state index >= 15 is 0 Å². The van der Waals surface area contributed by atoms with Crippen molar-refractivity contribution in [1.82, 2.24) is 9.88 Å². The number of rotatable bonds is 3. The minimum atomic E-state index is -0.480. The summed E-state index contributed by atoms with van der Waals surface area (Å²) in [5, 5.41) is 3.00. The zero-order valence-electron chi connectivity index (χ0n) is 9.20. The van der Waals surface area contributed by atoms with Gasteiger partial charge in [-0.3, -0.25) is 9.36 Å². The van der Waals surface area contributed by atoms with Gasteiger partial charge in [0.05, 0.1) is 5.52 Å². The molecule has 0 radical (unpaired) electrons. The number of hydrogen-bond donors (Lipinski definition) is 1. The second kappa shape index (κ2) is 4.63. The van der Waals surface area contributed by atoms with Crippen molar-refractivity contribution in [2.24, 2.45) is 0 Å². The number of benzene rings is 1. The Balaban J connectivity index is 2.36. The van der Waals surface area contributed by atoms with Crippen LogP contribution < -0.4 is 11.1 Å². The minimum absolute atomic E-state index is 0.125. The maximum absolute atomic E-state index is 11.6. The summed E-state index contributed by atoms with van der Waals surface area (Å²) in [6.07, 6.45) is 0.230. The number of aromatic nitrogens is 1. The van der Waals surface area contributed by atoms with Gasteiger partial charge < -0.3 is 9.73 Å². The fourth-order valence-electron chi connectivity index (χ4n) is 1.59. The number of oxazole rings is 1. The number of carbonyl (C=O) groups excluding carboxylic acids is 1. The van der Waals surface area contributed by atoms with Crippen LogP contribution in [-0.2, 0) is 11.3 Å². The standard InChI is InChI=1S/C11H11ClN2O3/c1-13-10(15)4-5-14-8-3-2-7(12)6-9(8)17-11(14)16/h2-3,6H,4-5H2,1H3,(H,13,15). The van der Waals surface area contributed by atoms with E-state index in [4.69, 9.17) is 16.0 Å². The molecule has 0 saturated heterocycles. The van der Waals surface area contributed by atoms with Crippen molar-refractivity contribution < 1.29 is 9.21 Å². The summed E-state index contributed by atoms with van der Waals surface area (Å²) in [4.78, 5) is 22.7. The molecule has 0 fully saturated rings. The molecule has 2 aromatic rings. The van der Waals surface area contributed by atoms with Crippen molar-refractivity contribution in [3.63, 3.8) is 0 Å². The largest absolute Gasteiger partial charge is 0.419 e. The third kappa shape index (κ3) is 2.34. The summed E-state index contributed by atoms with van der Waals surface area (Å²) in [7, 11) is 1.55. The second-order valence-corrected chi connectivity index (χ2v) is 3.99. The molecule has 0 bridgehead atoms. The van der Waals surface area contributed by atoms with Gasteiger partial charge in [0.1, 0.15) is 0 Å². The highest BCUT2D eigenvalue weighted by Crippen LogP contribution is 2.18. The zero-order valence-corrected chi connectivity index (χ0v) is 9.95. The first-order valence-corrected chi connectivity index (χ1v) is 5.49. The van der Waals surface area contributed by atoms with Gasteiger partial charge in [0.25, 0.3) is 0 Å². The first kappa shape index (κ1) is 11.7. The predicted octanol–water partition coefficient (Wildman–Crippen LogP) is 1.38. The van der Waals surface area contributed by atoms with Crippen molar-refractivity contribution in [1.29, 1.82) is 0 Å². The highest BCUT2D eigenvalue weighted by atomic mass is 35.5. The number of halogens is 1. The van der Waals surface area contributed by atoms with Crippen molar-refractivity contribution in [2.75, 3.05) is 7.05 Å². The summed E-state index contributed by atoms with van der Waals surface area (Å²) < 4.78 is 6.45. The molecule has 0 aliphatic carbocycles. The first-order valence-electron chi connectivity index (χ1n) is 5.11. The third-order valence-electron chi connectivity index (χ3n) is 2.47. The van der Waals surface area contributed by atoms with Gasteiger partial charge in [0, 0.05) is 31.1 Å². The van der Waals surface area contributed by atoms with Crippen molar-refractivity contribution in [3.8, 4) is 0 Å². The van der Waals surface area contributed by atoms with E-state index < -0.39 is 5.76 Å². The van der Waals surface area contributed by atoms with Gasteiger partial charge in [-0.25, -0.2) is 4.79 Å². The SMILES string of the molecule is CNC(=O)CCn1c(=O)oc2cc(Cl)ccc21. The van der Waals surface area contributed by atoms with E-state index in [1.54, 1.807) is 25.2 Å². The Morgan fingerprint density at radius 2 is 2.29 bits per heavy atom. The summed E-state index contributed by atoms with van der Waals surface area (Å²) >= 11 is 5.79. The molecule has 5 nitrogen and oxygen atoms in total. The van der Waals surface area contributed by atoms with Crippen LogP contribution in [0.4, 0.5) is 0 Å². The molecule has 0 saturated carbocycles. The molecule has 1 aromatic carbocycles. The van der Waals surface area contributed by atoms with Gasteiger partial charge in [-0.05, 0) is 12.1 Å². The van der Waals surface area contributed by atoms with Gasteiger partial charge in [0.15, 0.2) is 5.58 Å². The van der Waals surface area contributed by atoms with Crippen LogP contribution >= 0.6 is 11.6 Å². The van der Waals surface area contributed by atoms with Crippen LogP contribution in [0.5, 0.6) is 0 Å². The molecular weight excluding hydrogens is 244 g/mol. The Kier molecular flexibility index (Phi) is 3.19. The van der Waals surface area contributed by atoms with Crippen LogP contribution in [0.25, 0.3) is 11.1 Å². The van der Waals surface area contributed by atoms with Gasteiger partial charge in [-0.15, -0.1) is 0 Å². The van der Waals surface area contributed by atoms with Crippen molar-refractivity contribution in [2.45, 2.75) is 13.0 Å². The van der Waals surface area contributed by atoms with E-state index in [1.165, 1.54) is 4.57 Å². The van der Waals surface area contributed by atoms with Gasteiger partial charge >= 0.3 is 5.76 Å². The lowest BCUT2D eigenvalue weighted by molar-refractivity contribution is -0.120. The van der Waals surface area contributed by atoms with Crippen LogP contribution in [0.1, 0.15) is 6.42 Å². The molecule has 1 aromatic heterocycles. The lowest BCUT2D eigenvalue weighted by Crippen LogP contribution is -2.22. The molecule has 6 heteroatoms. The first-order chi connectivity index (χ1) is 8.11. The number of aryl methyl sites for hydroxylation is 1. The van der Waals surface area contributed by atoms with E-state index in [2.05, 4.69) is 5.32 Å². The highest BCUT2D eigenvalue weighted by Gasteiger charge is 2.10. The second-order valence-electron chi connectivity index (χ2n) is 3.55. The lowest BCUT2D eigenvalue weighted by atomic mass is 10.3. The number of amides is 1. The molecule has 90 valence electrons. The number of nitrogens with one attached hydrogen (secondary N) is 1. The normalized spacial score (nSPS) is 10.7. The molecule has 0 aliphatic heterocycles. The van der Waals surface area contributed by atoms with E-state index in [9.17, 15) is 9.59 Å². The van der Waals surface area contributed by atoms with E-state index in [1.807, 2.05) is 0 Å². The summed E-state index contributed by atoms with van der Waals surface area (Å²) in [5.41, 5.74) is 1.07. The van der Waals surface area contributed by atoms with E-state index in [-0.39, 0.29) is 18.9 Å². The summed E-state index contributed by atoms with van der Waals surface area (Å²) in [6.45, 7) is 0.285. The molecule has 0 atom stereocenters. The minimum Gasteiger partial charge on any atom is -0.408 e. The van der Waals surface area contributed by atoms with Gasteiger partial charge in [-0.1, -0.05) is 11.6 Å². The molecule has 17 heavy (non-hydrogen) atoms. The number of hydrogen-bond acceptors (Lipinski definition) is 3. The maximum Gasteiger partial charge on any atom is 0.419 e. The zero-order chi connectivity index (χ0) is 12.4. The Labute approximate surface area is 102 Å². The topological polar surface area (TPSA) is 64.2 Å². The van der Waals surface area contributed by atoms with Crippen molar-refractivity contribution >= 4 is 28.6 Å².